The summed E-state index contributed by atoms with van der Waals surface area (Å²) in [7, 11) is 0. The number of aromatic nitrogens is 8. The first-order chi connectivity index (χ1) is 12.7. The Kier molecular flexibility index (Phi) is 4.05. The van der Waals surface area contributed by atoms with Crippen molar-refractivity contribution in [1.82, 2.24) is 39.9 Å². The minimum absolute atomic E-state index is 0.163. The fourth-order valence-electron chi connectivity index (χ4n) is 2.25. The van der Waals surface area contributed by atoms with Gasteiger partial charge in [-0.2, -0.15) is 19.0 Å². The first-order valence-corrected chi connectivity index (χ1v) is 7.38. The first kappa shape index (κ1) is 15.8. The molecule has 26 heavy (non-hydrogen) atoms. The number of alkyl halides is 2. The number of rotatable bonds is 6. The van der Waals surface area contributed by atoms with Crippen LogP contribution in [-0.2, 0) is 6.54 Å². The van der Waals surface area contributed by atoms with Crippen LogP contribution in [0.5, 0.6) is 5.88 Å². The summed E-state index contributed by atoms with van der Waals surface area (Å²) in [5.74, 6) is 0.465. The van der Waals surface area contributed by atoms with Crippen molar-refractivity contribution in [3.05, 3.63) is 42.7 Å². The highest BCUT2D eigenvalue weighted by Gasteiger charge is 2.11. The molecule has 4 heterocycles. The number of halogens is 2. The van der Waals surface area contributed by atoms with Crippen molar-refractivity contribution in [2.45, 2.75) is 13.2 Å². The molecule has 2 N–H and O–H groups in total. The number of nitrogens with one attached hydrogen (secondary N) is 2. The van der Waals surface area contributed by atoms with Gasteiger partial charge in [-0.3, -0.25) is 9.97 Å². The van der Waals surface area contributed by atoms with Crippen LogP contribution in [0.1, 0.15) is 5.69 Å². The molecule has 0 saturated carbocycles. The molecule has 0 radical (unpaired) electrons. The van der Waals surface area contributed by atoms with Crippen molar-refractivity contribution in [3.8, 4) is 5.88 Å². The number of anilines is 2. The van der Waals surface area contributed by atoms with E-state index in [2.05, 4.69) is 45.3 Å². The van der Waals surface area contributed by atoms with Crippen LogP contribution < -0.4 is 10.1 Å². The first-order valence-electron chi connectivity index (χ1n) is 7.38. The predicted molar refractivity (Wildman–Crippen MR) is 85.0 cm³/mol. The second kappa shape index (κ2) is 6.66. The van der Waals surface area contributed by atoms with E-state index in [1.54, 1.807) is 29.5 Å². The van der Waals surface area contributed by atoms with Gasteiger partial charge in [-0.15, -0.1) is 0 Å². The monoisotopic (exact) mass is 359 g/mol. The van der Waals surface area contributed by atoms with Crippen LogP contribution in [0.3, 0.4) is 0 Å². The van der Waals surface area contributed by atoms with E-state index in [9.17, 15) is 8.78 Å². The minimum atomic E-state index is -2.94. The van der Waals surface area contributed by atoms with E-state index in [-0.39, 0.29) is 11.7 Å². The average Bonchev–Trinajstić information content (AvgIpc) is 3.22. The maximum Gasteiger partial charge on any atom is 0.388 e. The van der Waals surface area contributed by atoms with Crippen molar-refractivity contribution < 1.29 is 13.5 Å². The zero-order valence-corrected chi connectivity index (χ0v) is 13.0. The predicted octanol–water partition coefficient (Wildman–Crippen LogP) is 1.73. The molecular weight excluding hydrogens is 348 g/mol. The van der Waals surface area contributed by atoms with Crippen LogP contribution in [-0.4, -0.2) is 46.5 Å². The summed E-state index contributed by atoms with van der Waals surface area (Å²) in [6, 6.07) is 1.29. The molecule has 4 aromatic heterocycles. The highest BCUT2D eigenvalue weighted by atomic mass is 19.3. The third-order valence-electron chi connectivity index (χ3n) is 3.30. The Morgan fingerprint density at radius 3 is 2.88 bits per heavy atom. The maximum atomic E-state index is 12.2. The Morgan fingerprint density at radius 2 is 2.08 bits per heavy atom. The lowest BCUT2D eigenvalue weighted by Crippen LogP contribution is -2.05. The molecule has 0 aliphatic heterocycles. The van der Waals surface area contributed by atoms with E-state index in [4.69, 9.17) is 0 Å². The Labute approximate surface area is 144 Å². The lowest BCUT2D eigenvalue weighted by Gasteiger charge is -2.04. The van der Waals surface area contributed by atoms with E-state index >= 15 is 0 Å². The summed E-state index contributed by atoms with van der Waals surface area (Å²) in [6.45, 7) is -2.56. The summed E-state index contributed by atoms with van der Waals surface area (Å²) < 4.78 is 30.2. The van der Waals surface area contributed by atoms with Gasteiger partial charge in [0.05, 0.1) is 30.8 Å². The van der Waals surface area contributed by atoms with Crippen molar-refractivity contribution in [3.63, 3.8) is 0 Å². The van der Waals surface area contributed by atoms with Gasteiger partial charge in [0.25, 0.3) is 0 Å². The van der Waals surface area contributed by atoms with E-state index in [0.29, 0.717) is 23.5 Å². The van der Waals surface area contributed by atoms with Gasteiger partial charge >= 0.3 is 6.61 Å². The Morgan fingerprint density at radius 1 is 1.15 bits per heavy atom. The Balaban J connectivity index is 1.57. The molecule has 132 valence electrons. The molecule has 0 amide bonds. The van der Waals surface area contributed by atoms with E-state index in [1.807, 2.05) is 0 Å². The number of H-pyrrole nitrogens is 1. The average molecular weight is 359 g/mol. The van der Waals surface area contributed by atoms with E-state index < -0.39 is 6.61 Å². The molecule has 0 unspecified atom stereocenters. The number of aromatic amines is 1. The topological polar surface area (TPSA) is 119 Å². The minimum Gasteiger partial charge on any atom is -0.417 e. The molecule has 0 aliphatic rings. The summed E-state index contributed by atoms with van der Waals surface area (Å²) >= 11 is 0. The quantitative estimate of drug-likeness (QED) is 0.534. The zero-order valence-electron chi connectivity index (χ0n) is 13.0. The molecular formula is C14H11F2N9O. The van der Waals surface area contributed by atoms with Crippen LogP contribution >= 0.6 is 0 Å². The van der Waals surface area contributed by atoms with Crippen molar-refractivity contribution in [1.29, 1.82) is 0 Å². The molecule has 12 heteroatoms. The third kappa shape index (κ3) is 3.38. The van der Waals surface area contributed by atoms with Crippen LogP contribution in [0, 0.1) is 0 Å². The van der Waals surface area contributed by atoms with Crippen LogP contribution in [0.4, 0.5) is 20.4 Å². The van der Waals surface area contributed by atoms with Gasteiger partial charge in [-0.05, 0) is 0 Å². The Hall–Kier alpha value is -3.70. The molecule has 0 bridgehead atoms. The molecule has 4 rings (SSSR count). The number of fused-ring (bicyclic) bond motifs is 1. The summed E-state index contributed by atoms with van der Waals surface area (Å²) in [5.41, 5.74) is 1.85. The van der Waals surface area contributed by atoms with Gasteiger partial charge in [0.2, 0.25) is 5.88 Å². The summed E-state index contributed by atoms with van der Waals surface area (Å²) in [6.07, 6.45) is 7.89. The molecule has 0 fully saturated rings. The number of nitrogens with zero attached hydrogens (tertiary/aromatic N) is 7. The van der Waals surface area contributed by atoms with Crippen molar-refractivity contribution in [2.75, 3.05) is 5.32 Å². The molecule has 0 spiro atoms. The van der Waals surface area contributed by atoms with Gasteiger partial charge < -0.3 is 10.1 Å². The van der Waals surface area contributed by atoms with Gasteiger partial charge in [0, 0.05) is 18.5 Å². The molecule has 4 aromatic rings. The largest absolute Gasteiger partial charge is 0.417 e. The second-order valence-electron chi connectivity index (χ2n) is 5.08. The SMILES string of the molecule is FC(F)Oc1cc(Nc2cnc3cnn(Cc4cnccn4)c3n2)n[nH]1. The van der Waals surface area contributed by atoms with Crippen LogP contribution in [0.15, 0.2) is 37.1 Å². The van der Waals surface area contributed by atoms with Gasteiger partial charge in [0.1, 0.15) is 5.52 Å². The molecule has 0 aromatic carbocycles. The van der Waals surface area contributed by atoms with Crippen LogP contribution in [0.25, 0.3) is 11.2 Å². The van der Waals surface area contributed by atoms with Crippen molar-refractivity contribution in [2.24, 2.45) is 0 Å². The number of hydrogen-bond acceptors (Lipinski definition) is 8. The highest BCUT2D eigenvalue weighted by Crippen LogP contribution is 2.19. The van der Waals surface area contributed by atoms with Crippen LogP contribution in [0.2, 0.25) is 0 Å². The van der Waals surface area contributed by atoms with E-state index in [1.165, 1.54) is 12.3 Å². The fraction of sp³-hybridized carbons (Fsp3) is 0.143. The van der Waals surface area contributed by atoms with Gasteiger partial charge in [-0.1, -0.05) is 0 Å². The van der Waals surface area contributed by atoms with E-state index in [0.717, 1.165) is 5.69 Å². The molecule has 0 aliphatic carbocycles. The molecule has 0 atom stereocenters. The maximum absolute atomic E-state index is 12.2. The molecule has 0 saturated heterocycles. The van der Waals surface area contributed by atoms with Gasteiger partial charge in [-0.25, -0.2) is 19.7 Å². The summed E-state index contributed by atoms with van der Waals surface area (Å²) in [4.78, 5) is 16.9. The highest BCUT2D eigenvalue weighted by molar-refractivity contribution is 5.72. The second-order valence-corrected chi connectivity index (χ2v) is 5.08. The van der Waals surface area contributed by atoms with Gasteiger partial charge in [0.15, 0.2) is 17.3 Å². The Bertz CT molecular complexity index is 1020. The third-order valence-corrected chi connectivity index (χ3v) is 3.30. The molecule has 10 nitrogen and oxygen atoms in total. The fourth-order valence-corrected chi connectivity index (χ4v) is 2.25. The number of hydrogen-bond donors (Lipinski definition) is 2. The lowest BCUT2D eigenvalue weighted by molar-refractivity contribution is -0.0528. The smallest absolute Gasteiger partial charge is 0.388 e. The van der Waals surface area contributed by atoms with Crippen molar-refractivity contribution >= 4 is 22.8 Å². The normalized spacial score (nSPS) is 11.2. The summed E-state index contributed by atoms with van der Waals surface area (Å²) in [5, 5.41) is 13.3. The standard InChI is InChI=1S/C14H11F2N9O/c15-14(16)26-12-3-10(23-24-12)21-11-6-19-9-5-20-25(13(9)22-11)7-8-4-17-1-2-18-8/h1-6,14H,7H2,(H2,21,22,23,24). The lowest BCUT2D eigenvalue weighted by atomic mass is 10.4. The zero-order chi connectivity index (χ0) is 17.9. The number of ether oxygens (including phenoxy) is 1.